The van der Waals surface area contributed by atoms with Gasteiger partial charge < -0.3 is 9.64 Å². The molecule has 3 unspecified atom stereocenters. The van der Waals surface area contributed by atoms with Crippen LogP contribution in [0.15, 0.2) is 36.4 Å². The van der Waals surface area contributed by atoms with Gasteiger partial charge in [-0.3, -0.25) is 19.4 Å². The SMILES string of the molecule is CCCCOC(CN1CCN(c2cccc(Cl)c2)CC1)CN1C(=O)C2C3C=C[C@@H](C3)[C@@H]2C1=O. The molecule has 5 rings (SSSR count). The number of fused-ring (bicyclic) bond motifs is 5. The first-order valence-corrected chi connectivity index (χ1v) is 12.8. The molecule has 4 aliphatic rings. The minimum atomic E-state index is -0.147. The van der Waals surface area contributed by atoms with Crippen molar-refractivity contribution in [1.82, 2.24) is 9.80 Å². The average molecular weight is 472 g/mol. The maximum absolute atomic E-state index is 13.2. The number of halogens is 1. The Morgan fingerprint density at radius 1 is 1.03 bits per heavy atom. The quantitative estimate of drug-likeness (QED) is 0.313. The first-order chi connectivity index (χ1) is 16.0. The number of unbranched alkanes of at least 4 members (excludes halogenated alkanes) is 1. The summed E-state index contributed by atoms with van der Waals surface area (Å²) in [7, 11) is 0. The van der Waals surface area contributed by atoms with E-state index >= 15 is 0 Å². The molecule has 2 aliphatic heterocycles. The fourth-order valence-electron chi connectivity index (χ4n) is 6.05. The minimum absolute atomic E-state index is 0.0247. The number of ether oxygens (including phenoxy) is 1. The number of amides is 2. The van der Waals surface area contributed by atoms with Crippen molar-refractivity contribution in [2.24, 2.45) is 23.7 Å². The van der Waals surface area contributed by atoms with Gasteiger partial charge in [-0.25, -0.2) is 0 Å². The van der Waals surface area contributed by atoms with Crippen LogP contribution in [0.1, 0.15) is 26.2 Å². The van der Waals surface area contributed by atoms with E-state index in [0.717, 1.165) is 62.7 Å². The number of carbonyl (C=O) groups is 2. The Labute approximate surface area is 201 Å². The molecule has 1 aromatic rings. The maximum Gasteiger partial charge on any atom is 0.233 e. The molecule has 2 amide bonds. The Kier molecular flexibility index (Phi) is 6.77. The van der Waals surface area contributed by atoms with Crippen LogP contribution >= 0.6 is 11.6 Å². The second-order valence-electron chi connectivity index (χ2n) is 9.90. The van der Waals surface area contributed by atoms with Crippen LogP contribution in [0.2, 0.25) is 5.02 Å². The molecule has 2 saturated heterocycles. The minimum Gasteiger partial charge on any atom is -0.375 e. The first kappa shape index (κ1) is 22.9. The van der Waals surface area contributed by atoms with Gasteiger partial charge in [0.25, 0.3) is 0 Å². The van der Waals surface area contributed by atoms with E-state index in [0.29, 0.717) is 13.2 Å². The normalized spacial score (nSPS) is 29.9. The molecule has 2 bridgehead atoms. The fraction of sp³-hybridized carbons (Fsp3) is 0.615. The van der Waals surface area contributed by atoms with Gasteiger partial charge >= 0.3 is 0 Å². The van der Waals surface area contributed by atoms with Gasteiger partial charge in [0, 0.05) is 50.0 Å². The zero-order chi connectivity index (χ0) is 22.9. The third-order valence-corrected chi connectivity index (χ3v) is 8.04. The van der Waals surface area contributed by atoms with Crippen molar-refractivity contribution in [3.8, 4) is 0 Å². The van der Waals surface area contributed by atoms with E-state index in [4.69, 9.17) is 16.3 Å². The monoisotopic (exact) mass is 471 g/mol. The summed E-state index contributed by atoms with van der Waals surface area (Å²) in [6.45, 7) is 7.60. The third kappa shape index (κ3) is 4.58. The second kappa shape index (κ2) is 9.77. The van der Waals surface area contributed by atoms with Crippen LogP contribution in [0, 0.1) is 23.7 Å². The lowest BCUT2D eigenvalue weighted by Gasteiger charge is -2.38. The van der Waals surface area contributed by atoms with Crippen LogP contribution in [-0.2, 0) is 14.3 Å². The summed E-state index contributed by atoms with van der Waals surface area (Å²) in [5.41, 5.74) is 1.15. The number of hydrogen-bond donors (Lipinski definition) is 0. The first-order valence-electron chi connectivity index (χ1n) is 12.4. The highest BCUT2D eigenvalue weighted by Gasteiger charge is 2.59. The number of anilines is 1. The molecule has 3 fully saturated rings. The number of carbonyl (C=O) groups excluding carboxylic acids is 2. The number of benzene rings is 1. The van der Waals surface area contributed by atoms with Crippen LogP contribution in [-0.4, -0.2) is 73.6 Å². The van der Waals surface area contributed by atoms with Gasteiger partial charge in [0.1, 0.15) is 0 Å². The number of imide groups is 1. The molecule has 5 atom stereocenters. The standard InChI is InChI=1S/C26H34ClN3O3/c1-2-3-13-33-22(16-28-9-11-29(12-10-28)21-6-4-5-20(27)15-21)17-30-25(31)23-18-7-8-19(14-18)24(23)26(30)32/h4-8,15,18-19,22-24H,2-3,9-14,16-17H2,1H3/t18-,19?,22?,23-,24?/m0/s1. The van der Waals surface area contributed by atoms with Crippen molar-refractivity contribution in [2.45, 2.75) is 32.3 Å². The van der Waals surface area contributed by atoms with Gasteiger partial charge in [-0.1, -0.05) is 43.2 Å². The molecule has 6 nitrogen and oxygen atoms in total. The zero-order valence-corrected chi connectivity index (χ0v) is 20.1. The Hall–Kier alpha value is -1.89. The number of piperazine rings is 1. The highest BCUT2D eigenvalue weighted by Crippen LogP contribution is 2.52. The number of hydrogen-bond acceptors (Lipinski definition) is 5. The Bertz CT molecular complexity index is 884. The van der Waals surface area contributed by atoms with Crippen LogP contribution in [0.5, 0.6) is 0 Å². The molecular weight excluding hydrogens is 438 g/mol. The van der Waals surface area contributed by atoms with Crippen molar-refractivity contribution in [1.29, 1.82) is 0 Å². The van der Waals surface area contributed by atoms with Gasteiger partial charge in [-0.2, -0.15) is 0 Å². The molecule has 0 radical (unpaired) electrons. The number of likely N-dealkylation sites (tertiary alicyclic amines) is 1. The Morgan fingerprint density at radius 3 is 2.36 bits per heavy atom. The molecule has 0 spiro atoms. The zero-order valence-electron chi connectivity index (χ0n) is 19.4. The summed E-state index contributed by atoms with van der Waals surface area (Å²) < 4.78 is 6.23. The molecule has 1 saturated carbocycles. The van der Waals surface area contributed by atoms with Crippen molar-refractivity contribution >= 4 is 29.1 Å². The molecule has 178 valence electrons. The number of allylic oxidation sites excluding steroid dienone is 2. The smallest absolute Gasteiger partial charge is 0.233 e. The number of nitrogens with zero attached hydrogens (tertiary/aromatic N) is 3. The Balaban J connectivity index is 1.20. The van der Waals surface area contributed by atoms with E-state index in [1.807, 2.05) is 18.2 Å². The van der Waals surface area contributed by atoms with Gasteiger partial charge in [0.15, 0.2) is 0 Å². The third-order valence-electron chi connectivity index (χ3n) is 7.81. The van der Waals surface area contributed by atoms with E-state index in [1.54, 1.807) is 0 Å². The highest BCUT2D eigenvalue weighted by molar-refractivity contribution is 6.30. The van der Waals surface area contributed by atoms with E-state index in [1.165, 1.54) is 4.90 Å². The molecule has 2 heterocycles. The predicted molar refractivity (Wildman–Crippen MR) is 129 cm³/mol. The molecule has 1 aromatic carbocycles. The van der Waals surface area contributed by atoms with Crippen LogP contribution in [0.25, 0.3) is 0 Å². The lowest BCUT2D eigenvalue weighted by atomic mass is 9.85. The van der Waals surface area contributed by atoms with Crippen molar-refractivity contribution in [2.75, 3.05) is 50.8 Å². The summed E-state index contributed by atoms with van der Waals surface area (Å²) in [5.74, 6) is 0.282. The summed E-state index contributed by atoms with van der Waals surface area (Å²) >= 11 is 6.17. The molecule has 33 heavy (non-hydrogen) atoms. The summed E-state index contributed by atoms with van der Waals surface area (Å²) in [6, 6.07) is 8.00. The summed E-state index contributed by atoms with van der Waals surface area (Å²) in [5, 5.41) is 0.757. The predicted octanol–water partition coefficient (Wildman–Crippen LogP) is 3.45. The topological polar surface area (TPSA) is 53.1 Å². The lowest BCUT2D eigenvalue weighted by molar-refractivity contribution is -0.143. The lowest BCUT2D eigenvalue weighted by Crippen LogP contribution is -2.51. The van der Waals surface area contributed by atoms with Crippen LogP contribution in [0.3, 0.4) is 0 Å². The number of rotatable bonds is 9. The van der Waals surface area contributed by atoms with E-state index in [-0.39, 0.29) is 41.6 Å². The highest BCUT2D eigenvalue weighted by atomic mass is 35.5. The molecule has 2 aliphatic carbocycles. The fourth-order valence-corrected chi connectivity index (χ4v) is 6.24. The van der Waals surface area contributed by atoms with Gasteiger partial charge in [0.2, 0.25) is 11.8 Å². The van der Waals surface area contributed by atoms with Gasteiger partial charge in [-0.05, 0) is 42.9 Å². The largest absolute Gasteiger partial charge is 0.375 e. The molecule has 0 aromatic heterocycles. The van der Waals surface area contributed by atoms with E-state index in [2.05, 4.69) is 34.9 Å². The average Bonchev–Trinajstić information content (AvgIpc) is 3.50. The Morgan fingerprint density at radius 2 is 1.73 bits per heavy atom. The molecule has 0 N–H and O–H groups in total. The van der Waals surface area contributed by atoms with Gasteiger partial charge in [-0.15, -0.1) is 0 Å². The van der Waals surface area contributed by atoms with E-state index in [9.17, 15) is 9.59 Å². The van der Waals surface area contributed by atoms with E-state index < -0.39 is 0 Å². The summed E-state index contributed by atoms with van der Waals surface area (Å²) in [4.78, 5) is 32.6. The maximum atomic E-state index is 13.2. The summed E-state index contributed by atoms with van der Waals surface area (Å²) in [6.07, 6.45) is 7.16. The molecular formula is C26H34ClN3O3. The second-order valence-corrected chi connectivity index (χ2v) is 10.3. The van der Waals surface area contributed by atoms with Crippen molar-refractivity contribution < 1.29 is 14.3 Å². The van der Waals surface area contributed by atoms with Crippen molar-refractivity contribution in [3.63, 3.8) is 0 Å². The molecule has 7 heteroatoms. The van der Waals surface area contributed by atoms with Gasteiger partial charge in [0.05, 0.1) is 24.5 Å². The van der Waals surface area contributed by atoms with Crippen LogP contribution < -0.4 is 4.90 Å². The van der Waals surface area contributed by atoms with Crippen molar-refractivity contribution in [3.05, 3.63) is 41.4 Å². The van der Waals surface area contributed by atoms with Crippen LogP contribution in [0.4, 0.5) is 5.69 Å².